The highest BCUT2D eigenvalue weighted by atomic mass is 79.9. The predicted octanol–water partition coefficient (Wildman–Crippen LogP) is 1.59. The van der Waals surface area contributed by atoms with Crippen LogP contribution in [-0.4, -0.2) is 13.0 Å². The van der Waals surface area contributed by atoms with Crippen molar-refractivity contribution in [1.82, 2.24) is 5.43 Å². The highest BCUT2D eigenvalue weighted by Crippen LogP contribution is 2.23. The molecule has 0 spiro atoms. The summed E-state index contributed by atoms with van der Waals surface area (Å²) in [5.74, 6) is 3.87. The first-order chi connectivity index (χ1) is 7.08. The van der Waals surface area contributed by atoms with Gasteiger partial charge < -0.3 is 5.32 Å². The Labute approximate surface area is 93.7 Å². The fourth-order valence-electron chi connectivity index (χ4n) is 0.902. The SMILES string of the molecule is CN=C(NN)Nc1cc(Br)c(F)cc1F. The van der Waals surface area contributed by atoms with Crippen molar-refractivity contribution < 1.29 is 8.78 Å². The van der Waals surface area contributed by atoms with E-state index in [1.165, 1.54) is 13.1 Å². The molecule has 0 saturated heterocycles. The minimum Gasteiger partial charge on any atom is -0.323 e. The lowest BCUT2D eigenvalue weighted by atomic mass is 10.3. The Morgan fingerprint density at radius 1 is 1.40 bits per heavy atom. The van der Waals surface area contributed by atoms with Crippen LogP contribution < -0.4 is 16.6 Å². The van der Waals surface area contributed by atoms with Crippen LogP contribution in [0.3, 0.4) is 0 Å². The Hall–Kier alpha value is -1.21. The lowest BCUT2D eigenvalue weighted by Crippen LogP contribution is -2.36. The highest BCUT2D eigenvalue weighted by molar-refractivity contribution is 9.10. The Morgan fingerprint density at radius 2 is 2.07 bits per heavy atom. The first-order valence-corrected chi connectivity index (χ1v) is 4.72. The van der Waals surface area contributed by atoms with Gasteiger partial charge in [-0.25, -0.2) is 14.6 Å². The molecule has 0 amide bonds. The van der Waals surface area contributed by atoms with Crippen molar-refractivity contribution >= 4 is 27.6 Å². The van der Waals surface area contributed by atoms with E-state index in [1.807, 2.05) is 0 Å². The second kappa shape index (κ2) is 5.04. The molecule has 0 fully saturated rings. The summed E-state index contributed by atoms with van der Waals surface area (Å²) in [4.78, 5) is 3.69. The topological polar surface area (TPSA) is 62.4 Å². The summed E-state index contributed by atoms with van der Waals surface area (Å²) in [6.07, 6.45) is 0. The highest BCUT2D eigenvalue weighted by Gasteiger charge is 2.09. The van der Waals surface area contributed by atoms with E-state index in [4.69, 9.17) is 5.84 Å². The Morgan fingerprint density at radius 3 is 2.60 bits per heavy atom. The average Bonchev–Trinajstić information content (AvgIpc) is 2.21. The van der Waals surface area contributed by atoms with Crippen molar-refractivity contribution in [1.29, 1.82) is 0 Å². The molecule has 0 aromatic heterocycles. The van der Waals surface area contributed by atoms with Crippen LogP contribution in [0.2, 0.25) is 0 Å². The second-order valence-electron chi connectivity index (χ2n) is 2.59. The summed E-state index contributed by atoms with van der Waals surface area (Å²) in [6, 6.07) is 2.02. The standard InChI is InChI=1S/C8H9BrF2N4/c1-13-8(15-12)14-7-2-4(9)5(10)3-6(7)11/h2-3H,12H2,1H3,(H2,13,14,15). The van der Waals surface area contributed by atoms with Crippen molar-refractivity contribution in [2.24, 2.45) is 10.8 Å². The van der Waals surface area contributed by atoms with Crippen molar-refractivity contribution in [3.63, 3.8) is 0 Å². The molecular formula is C8H9BrF2N4. The summed E-state index contributed by atoms with van der Waals surface area (Å²) in [6.45, 7) is 0. The summed E-state index contributed by atoms with van der Waals surface area (Å²) >= 11 is 2.94. The molecule has 0 radical (unpaired) electrons. The van der Waals surface area contributed by atoms with E-state index in [2.05, 4.69) is 31.7 Å². The number of anilines is 1. The van der Waals surface area contributed by atoms with Crippen LogP contribution in [0.4, 0.5) is 14.5 Å². The number of aliphatic imine (C=N–C) groups is 1. The summed E-state index contributed by atoms with van der Waals surface area (Å²) in [5, 5.41) is 2.56. The molecular weight excluding hydrogens is 270 g/mol. The molecule has 1 aromatic rings. The number of hydrazine groups is 1. The molecule has 0 aliphatic heterocycles. The van der Waals surface area contributed by atoms with Gasteiger partial charge in [-0.05, 0) is 22.0 Å². The van der Waals surface area contributed by atoms with Gasteiger partial charge in [-0.1, -0.05) is 0 Å². The zero-order valence-electron chi connectivity index (χ0n) is 7.81. The third-order valence-electron chi connectivity index (χ3n) is 1.62. The molecule has 82 valence electrons. The number of benzene rings is 1. The van der Waals surface area contributed by atoms with E-state index >= 15 is 0 Å². The number of nitrogens with zero attached hydrogens (tertiary/aromatic N) is 1. The van der Waals surface area contributed by atoms with Crippen LogP contribution in [0.15, 0.2) is 21.6 Å². The molecule has 0 bridgehead atoms. The third-order valence-corrected chi connectivity index (χ3v) is 2.23. The maximum atomic E-state index is 13.2. The quantitative estimate of drug-likeness (QED) is 0.240. The Balaban J connectivity index is 3.00. The van der Waals surface area contributed by atoms with Gasteiger partial charge in [-0.2, -0.15) is 0 Å². The molecule has 4 N–H and O–H groups in total. The number of nitrogens with two attached hydrogens (primary N) is 1. The lowest BCUT2D eigenvalue weighted by molar-refractivity contribution is 0.581. The molecule has 15 heavy (non-hydrogen) atoms. The summed E-state index contributed by atoms with van der Waals surface area (Å²) in [5.41, 5.74) is 2.30. The zero-order valence-corrected chi connectivity index (χ0v) is 9.40. The number of guanidine groups is 1. The number of halogens is 3. The first-order valence-electron chi connectivity index (χ1n) is 3.93. The van der Waals surface area contributed by atoms with Gasteiger partial charge in [0.2, 0.25) is 5.96 Å². The third kappa shape index (κ3) is 2.87. The minimum atomic E-state index is -0.730. The van der Waals surface area contributed by atoms with Gasteiger partial charge in [-0.3, -0.25) is 10.4 Å². The lowest BCUT2D eigenvalue weighted by Gasteiger charge is -2.09. The van der Waals surface area contributed by atoms with Gasteiger partial charge in [0, 0.05) is 13.1 Å². The molecule has 0 aliphatic rings. The van der Waals surface area contributed by atoms with Gasteiger partial charge in [0.1, 0.15) is 11.6 Å². The molecule has 1 rings (SSSR count). The van der Waals surface area contributed by atoms with Crippen LogP contribution in [-0.2, 0) is 0 Å². The molecule has 7 heteroatoms. The number of hydrogen-bond acceptors (Lipinski definition) is 2. The smallest absolute Gasteiger partial charge is 0.210 e. The first kappa shape index (κ1) is 11.9. The van der Waals surface area contributed by atoms with Crippen LogP contribution in [0.5, 0.6) is 0 Å². The van der Waals surface area contributed by atoms with Gasteiger partial charge in [0.05, 0.1) is 10.2 Å². The Kier molecular flexibility index (Phi) is 3.98. The van der Waals surface area contributed by atoms with E-state index in [-0.39, 0.29) is 16.1 Å². The van der Waals surface area contributed by atoms with E-state index in [1.54, 1.807) is 0 Å². The maximum Gasteiger partial charge on any atom is 0.210 e. The van der Waals surface area contributed by atoms with E-state index in [9.17, 15) is 8.78 Å². The molecule has 0 unspecified atom stereocenters. The van der Waals surface area contributed by atoms with Gasteiger partial charge in [0.25, 0.3) is 0 Å². The minimum absolute atomic E-state index is 0.0711. The normalized spacial score (nSPS) is 11.4. The molecule has 0 saturated carbocycles. The molecule has 0 atom stereocenters. The van der Waals surface area contributed by atoms with Crippen molar-refractivity contribution in [2.75, 3.05) is 12.4 Å². The molecule has 0 aliphatic carbocycles. The maximum absolute atomic E-state index is 13.2. The summed E-state index contributed by atoms with van der Waals surface area (Å²) < 4.78 is 26.2. The fraction of sp³-hybridized carbons (Fsp3) is 0.125. The van der Waals surface area contributed by atoms with E-state index < -0.39 is 11.6 Å². The van der Waals surface area contributed by atoms with Gasteiger partial charge >= 0.3 is 0 Å². The largest absolute Gasteiger partial charge is 0.323 e. The molecule has 1 aromatic carbocycles. The summed E-state index contributed by atoms with van der Waals surface area (Å²) in [7, 11) is 1.47. The molecule has 0 heterocycles. The van der Waals surface area contributed by atoms with Gasteiger partial charge in [0.15, 0.2) is 0 Å². The van der Waals surface area contributed by atoms with E-state index in [0.717, 1.165) is 6.07 Å². The van der Waals surface area contributed by atoms with Crippen molar-refractivity contribution in [2.45, 2.75) is 0 Å². The number of nitrogens with one attached hydrogen (secondary N) is 2. The Bertz CT molecular complexity index is 394. The van der Waals surface area contributed by atoms with Crippen molar-refractivity contribution in [3.8, 4) is 0 Å². The van der Waals surface area contributed by atoms with Crippen LogP contribution >= 0.6 is 15.9 Å². The van der Waals surface area contributed by atoms with Crippen molar-refractivity contribution in [3.05, 3.63) is 28.2 Å². The average molecular weight is 279 g/mol. The van der Waals surface area contributed by atoms with Crippen LogP contribution in [0, 0.1) is 11.6 Å². The zero-order chi connectivity index (χ0) is 11.4. The fourth-order valence-corrected chi connectivity index (χ4v) is 1.25. The second-order valence-corrected chi connectivity index (χ2v) is 3.44. The van der Waals surface area contributed by atoms with Crippen LogP contribution in [0.1, 0.15) is 0 Å². The number of rotatable bonds is 1. The van der Waals surface area contributed by atoms with Gasteiger partial charge in [-0.15, -0.1) is 0 Å². The van der Waals surface area contributed by atoms with Crippen LogP contribution in [0.25, 0.3) is 0 Å². The van der Waals surface area contributed by atoms with E-state index in [0.29, 0.717) is 0 Å². The molecule has 4 nitrogen and oxygen atoms in total. The number of hydrogen-bond donors (Lipinski definition) is 3. The predicted molar refractivity (Wildman–Crippen MR) is 58.4 cm³/mol. The monoisotopic (exact) mass is 278 g/mol.